The van der Waals surface area contributed by atoms with E-state index in [0.717, 1.165) is 35.2 Å². The molecule has 2 aliphatic rings. The number of aliphatic imine (C=N–C) groups is 1. The Morgan fingerprint density at radius 1 is 1.32 bits per heavy atom. The van der Waals surface area contributed by atoms with Gasteiger partial charge in [0.2, 0.25) is 16.8 Å². The third-order valence-corrected chi connectivity index (χ3v) is 6.64. The number of halogens is 2. The maximum Gasteiger partial charge on any atom is 0.250 e. The van der Waals surface area contributed by atoms with Crippen LogP contribution in [0.5, 0.6) is 0 Å². The first-order chi connectivity index (χ1) is 13.6. The van der Waals surface area contributed by atoms with Crippen molar-refractivity contribution in [2.75, 3.05) is 18.4 Å². The van der Waals surface area contributed by atoms with Crippen LogP contribution in [-0.2, 0) is 4.79 Å². The highest BCUT2D eigenvalue weighted by atomic mass is 35.5. The van der Waals surface area contributed by atoms with Gasteiger partial charge in [0.25, 0.3) is 0 Å². The highest BCUT2D eigenvalue weighted by molar-refractivity contribution is 8.16. The van der Waals surface area contributed by atoms with Gasteiger partial charge in [-0.25, -0.2) is 4.52 Å². The van der Waals surface area contributed by atoms with Crippen LogP contribution in [0.4, 0.5) is 5.95 Å². The van der Waals surface area contributed by atoms with E-state index in [1.807, 2.05) is 16.9 Å². The quantitative estimate of drug-likeness (QED) is 0.639. The van der Waals surface area contributed by atoms with Crippen LogP contribution in [-0.4, -0.2) is 43.7 Å². The van der Waals surface area contributed by atoms with Gasteiger partial charge in [0, 0.05) is 28.2 Å². The van der Waals surface area contributed by atoms with Gasteiger partial charge in [0.05, 0.1) is 23.7 Å². The van der Waals surface area contributed by atoms with Crippen molar-refractivity contribution in [1.29, 1.82) is 0 Å². The SMILES string of the molecule is O=C(CC1=CSC2=NCCN12)Nc1nc2scc(-c3ccc(Cl)cc3Cl)n2n1. The molecule has 0 spiro atoms. The molecule has 0 bridgehead atoms. The van der Waals surface area contributed by atoms with Gasteiger partial charge in [0.15, 0.2) is 5.17 Å². The number of amides is 1. The molecule has 7 nitrogen and oxygen atoms in total. The van der Waals surface area contributed by atoms with Crippen molar-refractivity contribution in [3.8, 4) is 11.3 Å². The molecule has 0 saturated carbocycles. The zero-order valence-corrected chi connectivity index (χ0v) is 17.4. The summed E-state index contributed by atoms with van der Waals surface area (Å²) < 4.78 is 1.67. The number of nitrogens with one attached hydrogen (secondary N) is 1. The molecule has 0 fully saturated rings. The van der Waals surface area contributed by atoms with Crippen LogP contribution in [0.15, 0.2) is 39.7 Å². The van der Waals surface area contributed by atoms with Gasteiger partial charge >= 0.3 is 0 Å². The number of hydrogen-bond donors (Lipinski definition) is 1. The molecule has 142 valence electrons. The number of fused-ring (bicyclic) bond motifs is 2. The van der Waals surface area contributed by atoms with Crippen molar-refractivity contribution < 1.29 is 4.79 Å². The van der Waals surface area contributed by atoms with Crippen LogP contribution in [0.25, 0.3) is 16.2 Å². The minimum Gasteiger partial charge on any atom is -0.322 e. The van der Waals surface area contributed by atoms with Crippen molar-refractivity contribution in [2.45, 2.75) is 6.42 Å². The summed E-state index contributed by atoms with van der Waals surface area (Å²) in [4.78, 5) is 24.0. The lowest BCUT2D eigenvalue weighted by Gasteiger charge is -2.15. The Hall–Kier alpha value is -2.07. The summed E-state index contributed by atoms with van der Waals surface area (Å²) >= 11 is 15.3. The second kappa shape index (κ2) is 7.07. The molecule has 2 aliphatic heterocycles. The maximum atomic E-state index is 12.5. The number of nitrogens with zero attached hydrogens (tertiary/aromatic N) is 5. The summed E-state index contributed by atoms with van der Waals surface area (Å²) in [6.45, 7) is 1.60. The zero-order valence-electron chi connectivity index (χ0n) is 14.2. The van der Waals surface area contributed by atoms with Gasteiger partial charge < -0.3 is 4.90 Å². The molecule has 1 amide bonds. The molecule has 0 aliphatic carbocycles. The Bertz CT molecular complexity index is 1170. The normalized spacial score (nSPS) is 15.7. The molecule has 2 aromatic heterocycles. The van der Waals surface area contributed by atoms with Crippen molar-refractivity contribution in [1.82, 2.24) is 19.5 Å². The number of anilines is 1. The number of carbonyl (C=O) groups excluding carboxylic acids is 1. The Labute approximate surface area is 178 Å². The summed E-state index contributed by atoms with van der Waals surface area (Å²) in [6, 6.07) is 5.30. The Kier molecular flexibility index (Phi) is 4.54. The smallest absolute Gasteiger partial charge is 0.250 e. The monoisotopic (exact) mass is 450 g/mol. The number of aromatic nitrogens is 3. The molecule has 0 atom stereocenters. The summed E-state index contributed by atoms with van der Waals surface area (Å²) in [5.74, 6) is 0.106. The third-order valence-electron chi connectivity index (χ3n) is 4.33. The molecule has 1 N–H and O–H groups in total. The van der Waals surface area contributed by atoms with E-state index >= 15 is 0 Å². The van der Waals surface area contributed by atoms with Gasteiger partial charge in [-0.2, -0.15) is 4.98 Å². The van der Waals surface area contributed by atoms with E-state index in [0.29, 0.717) is 15.0 Å². The van der Waals surface area contributed by atoms with Crippen molar-refractivity contribution >= 4 is 68.3 Å². The maximum absolute atomic E-state index is 12.5. The fourth-order valence-corrected chi connectivity index (χ4v) is 5.35. The van der Waals surface area contributed by atoms with E-state index in [4.69, 9.17) is 23.2 Å². The molecule has 0 radical (unpaired) electrons. The first-order valence-corrected chi connectivity index (χ1v) is 10.9. The fourth-order valence-electron chi connectivity index (χ4n) is 3.07. The molecule has 1 aromatic carbocycles. The Morgan fingerprint density at radius 3 is 3.07 bits per heavy atom. The second-order valence-corrected chi connectivity index (χ2v) is 8.66. The molecule has 0 saturated heterocycles. The van der Waals surface area contributed by atoms with E-state index in [1.165, 1.54) is 11.3 Å². The van der Waals surface area contributed by atoms with E-state index < -0.39 is 0 Å². The van der Waals surface area contributed by atoms with Crippen LogP contribution < -0.4 is 5.32 Å². The average molecular weight is 451 g/mol. The first kappa shape index (κ1) is 18.0. The van der Waals surface area contributed by atoms with E-state index in [2.05, 4.69) is 25.3 Å². The number of amidine groups is 1. The highest BCUT2D eigenvalue weighted by Gasteiger charge is 2.27. The second-order valence-electron chi connectivity index (χ2n) is 6.14. The van der Waals surface area contributed by atoms with E-state index in [9.17, 15) is 4.79 Å². The molecule has 11 heteroatoms. The standard InChI is InChI=1S/C17H12Cl2N6OS2/c18-9-1-2-11(12(19)5-9)13-8-28-17-22-15(23-25(13)17)21-14(26)6-10-7-27-16-20-3-4-24(10)16/h1-2,5,7-8H,3-4,6H2,(H,21,23,26). The minimum atomic E-state index is -0.163. The lowest BCUT2D eigenvalue weighted by Crippen LogP contribution is -2.24. The lowest BCUT2D eigenvalue weighted by atomic mass is 10.2. The predicted octanol–water partition coefficient (Wildman–Crippen LogP) is 4.35. The first-order valence-electron chi connectivity index (χ1n) is 8.36. The third kappa shape index (κ3) is 3.18. The topological polar surface area (TPSA) is 74.9 Å². The molecule has 3 aromatic rings. The molecular formula is C17H12Cl2N6OS2. The number of hydrogen-bond acceptors (Lipinski definition) is 7. The van der Waals surface area contributed by atoms with E-state index in [1.54, 1.807) is 28.4 Å². The molecule has 28 heavy (non-hydrogen) atoms. The van der Waals surface area contributed by atoms with Crippen LogP contribution >= 0.6 is 46.3 Å². The van der Waals surface area contributed by atoms with Crippen LogP contribution in [0, 0.1) is 0 Å². The summed E-state index contributed by atoms with van der Waals surface area (Å²) in [5, 5.41) is 13.2. The van der Waals surface area contributed by atoms with Crippen molar-refractivity contribution in [3.63, 3.8) is 0 Å². The summed E-state index contributed by atoms with van der Waals surface area (Å²) in [6.07, 6.45) is 0.259. The number of rotatable bonds is 4. The largest absolute Gasteiger partial charge is 0.322 e. The molecule has 0 unspecified atom stereocenters. The van der Waals surface area contributed by atoms with Gasteiger partial charge in [-0.15, -0.1) is 16.4 Å². The number of thioether (sulfide) groups is 1. The fraction of sp³-hybridized carbons (Fsp3) is 0.176. The Balaban J connectivity index is 1.35. The number of benzene rings is 1. The summed E-state index contributed by atoms with van der Waals surface area (Å²) in [7, 11) is 0. The van der Waals surface area contributed by atoms with Crippen LogP contribution in [0.2, 0.25) is 10.0 Å². The average Bonchev–Trinajstić information content (AvgIpc) is 3.38. The van der Waals surface area contributed by atoms with Crippen LogP contribution in [0.3, 0.4) is 0 Å². The zero-order chi connectivity index (χ0) is 19.3. The minimum absolute atomic E-state index is 0.163. The van der Waals surface area contributed by atoms with Crippen molar-refractivity contribution in [2.24, 2.45) is 4.99 Å². The van der Waals surface area contributed by atoms with Gasteiger partial charge in [-0.05, 0) is 23.6 Å². The van der Waals surface area contributed by atoms with Gasteiger partial charge in [0.1, 0.15) is 0 Å². The van der Waals surface area contributed by atoms with Crippen molar-refractivity contribution in [3.05, 3.63) is 44.7 Å². The lowest BCUT2D eigenvalue weighted by molar-refractivity contribution is -0.115. The number of thiazole rings is 1. The summed E-state index contributed by atoms with van der Waals surface area (Å²) in [5.41, 5.74) is 2.55. The highest BCUT2D eigenvalue weighted by Crippen LogP contribution is 2.33. The Morgan fingerprint density at radius 2 is 2.21 bits per heavy atom. The predicted molar refractivity (Wildman–Crippen MR) is 114 cm³/mol. The molecule has 5 rings (SSSR count). The van der Waals surface area contributed by atoms with E-state index in [-0.39, 0.29) is 18.3 Å². The van der Waals surface area contributed by atoms with Crippen LogP contribution in [0.1, 0.15) is 6.42 Å². The molecular weight excluding hydrogens is 439 g/mol. The molecule has 4 heterocycles. The van der Waals surface area contributed by atoms with Gasteiger partial charge in [-0.3, -0.25) is 15.1 Å². The van der Waals surface area contributed by atoms with Gasteiger partial charge in [-0.1, -0.05) is 35.0 Å². The number of carbonyl (C=O) groups is 1.